The second-order valence-electron chi connectivity index (χ2n) is 9.85. The van der Waals surface area contributed by atoms with Crippen molar-refractivity contribution in [3.05, 3.63) is 95.6 Å². The van der Waals surface area contributed by atoms with Gasteiger partial charge in [0.15, 0.2) is 0 Å². The number of amides is 2. The van der Waals surface area contributed by atoms with E-state index in [4.69, 9.17) is 9.84 Å². The average molecular weight is 535 g/mol. The van der Waals surface area contributed by atoms with Crippen molar-refractivity contribution in [2.24, 2.45) is 11.8 Å². The Hall–Kier alpha value is -4.27. The lowest BCUT2D eigenvalue weighted by Crippen LogP contribution is -2.35. The number of aliphatic carboxylic acids is 1. The Bertz CT molecular complexity index is 1340. The number of rotatable bonds is 10. The molecule has 0 bridgehead atoms. The minimum absolute atomic E-state index is 0.0199. The summed E-state index contributed by atoms with van der Waals surface area (Å²) >= 11 is 0. The lowest BCUT2D eigenvalue weighted by atomic mass is 9.98. The largest absolute Gasteiger partial charge is 0.481 e. The lowest BCUT2D eigenvalue weighted by Gasteiger charge is -2.22. The molecule has 0 aromatic heterocycles. The average Bonchev–Trinajstić information content (AvgIpc) is 3.34. The number of halogens is 2. The summed E-state index contributed by atoms with van der Waals surface area (Å²) in [5, 5.41) is 11.4. The Kier molecular flexibility index (Phi) is 7.32. The molecule has 2 aliphatic rings. The van der Waals surface area contributed by atoms with Gasteiger partial charge >= 0.3 is 12.1 Å². The molecule has 2 amide bonds. The van der Waals surface area contributed by atoms with Crippen LogP contribution in [0.2, 0.25) is 0 Å². The molecule has 0 spiro atoms. The molecule has 202 valence electrons. The zero-order valence-corrected chi connectivity index (χ0v) is 21.1. The van der Waals surface area contributed by atoms with Crippen molar-refractivity contribution < 1.29 is 33.0 Å². The highest BCUT2D eigenvalue weighted by Gasteiger charge is 2.72. The summed E-state index contributed by atoms with van der Waals surface area (Å²) in [6, 6.07) is 24.5. The fourth-order valence-corrected chi connectivity index (χ4v) is 5.32. The zero-order valence-electron chi connectivity index (χ0n) is 21.1. The quantitative estimate of drug-likeness (QED) is 0.385. The van der Waals surface area contributed by atoms with Gasteiger partial charge in [0.25, 0.3) is 5.92 Å². The van der Waals surface area contributed by atoms with E-state index >= 15 is 0 Å². The van der Waals surface area contributed by atoms with Crippen molar-refractivity contribution in [1.82, 2.24) is 10.2 Å². The Balaban J connectivity index is 1.18. The van der Waals surface area contributed by atoms with Crippen LogP contribution in [0.15, 0.2) is 78.9 Å². The van der Waals surface area contributed by atoms with Crippen LogP contribution in [-0.2, 0) is 20.9 Å². The van der Waals surface area contributed by atoms with Gasteiger partial charge in [0.05, 0.1) is 12.3 Å². The topological polar surface area (TPSA) is 95.9 Å². The third kappa shape index (κ3) is 5.48. The first-order valence-electron chi connectivity index (χ1n) is 12.8. The van der Waals surface area contributed by atoms with E-state index in [2.05, 4.69) is 5.32 Å². The first-order chi connectivity index (χ1) is 18.8. The monoisotopic (exact) mass is 534 g/mol. The van der Waals surface area contributed by atoms with Gasteiger partial charge in [-0.25, -0.2) is 13.6 Å². The number of fused-ring (bicyclic) bond motifs is 3. The molecule has 5 rings (SSSR count). The number of alkyl carbamates (subject to hydrolysis) is 1. The first-order valence-corrected chi connectivity index (χ1v) is 12.8. The molecule has 0 heterocycles. The van der Waals surface area contributed by atoms with Crippen LogP contribution in [0.4, 0.5) is 13.6 Å². The molecule has 1 fully saturated rings. The maximum absolute atomic E-state index is 14.7. The van der Waals surface area contributed by atoms with Crippen LogP contribution >= 0.6 is 0 Å². The third-order valence-electron chi connectivity index (χ3n) is 7.40. The number of carbonyl (C=O) groups is 3. The molecule has 0 radical (unpaired) electrons. The molecule has 2 unspecified atom stereocenters. The summed E-state index contributed by atoms with van der Waals surface area (Å²) < 4.78 is 34.7. The van der Waals surface area contributed by atoms with E-state index in [1.54, 1.807) is 30.3 Å². The fourth-order valence-electron chi connectivity index (χ4n) is 5.32. The molecule has 9 heteroatoms. The number of carboxylic acids is 1. The number of carbonyl (C=O) groups excluding carboxylic acids is 2. The van der Waals surface area contributed by atoms with Crippen molar-refractivity contribution in [3.63, 3.8) is 0 Å². The van der Waals surface area contributed by atoms with E-state index in [0.717, 1.165) is 27.2 Å². The van der Waals surface area contributed by atoms with Gasteiger partial charge in [-0.05, 0) is 27.8 Å². The first kappa shape index (κ1) is 26.3. The van der Waals surface area contributed by atoms with E-state index in [0.29, 0.717) is 5.56 Å². The predicted octanol–water partition coefficient (Wildman–Crippen LogP) is 4.91. The highest BCUT2D eigenvalue weighted by Crippen LogP contribution is 2.55. The molecule has 0 saturated heterocycles. The molecule has 39 heavy (non-hydrogen) atoms. The van der Waals surface area contributed by atoms with Gasteiger partial charge in [-0.2, -0.15) is 0 Å². The van der Waals surface area contributed by atoms with Gasteiger partial charge in [0.2, 0.25) is 5.91 Å². The Morgan fingerprint density at radius 3 is 2.10 bits per heavy atom. The van der Waals surface area contributed by atoms with Gasteiger partial charge in [-0.3, -0.25) is 9.59 Å². The predicted molar refractivity (Wildman–Crippen MR) is 139 cm³/mol. The Labute approximate surface area is 224 Å². The minimum atomic E-state index is -3.31. The summed E-state index contributed by atoms with van der Waals surface area (Å²) in [4.78, 5) is 37.7. The van der Waals surface area contributed by atoms with E-state index in [-0.39, 0.29) is 32.0 Å². The number of nitrogens with zero attached hydrogens (tertiary/aromatic N) is 1. The highest BCUT2D eigenvalue weighted by atomic mass is 19.3. The molecule has 0 aliphatic heterocycles. The van der Waals surface area contributed by atoms with Gasteiger partial charge < -0.3 is 20.1 Å². The smallest absolute Gasteiger partial charge is 0.407 e. The van der Waals surface area contributed by atoms with Crippen LogP contribution in [0.5, 0.6) is 0 Å². The third-order valence-corrected chi connectivity index (χ3v) is 7.40. The van der Waals surface area contributed by atoms with E-state index in [1.807, 2.05) is 48.5 Å². The maximum Gasteiger partial charge on any atom is 0.407 e. The number of hydrogen-bond acceptors (Lipinski definition) is 4. The van der Waals surface area contributed by atoms with E-state index < -0.39 is 42.3 Å². The standard InChI is InChI=1S/C30H28F2N2O5/c31-30(32)25(27(30)28(37)34(15-14-26(35)36)17-19-8-2-1-3-9-19)16-33-29(38)39-18-24-22-12-6-4-10-20(22)21-11-5-7-13-23(21)24/h1-13,24-25,27H,14-18H2,(H,33,38)(H,35,36). The number of hydrogen-bond donors (Lipinski definition) is 2. The van der Waals surface area contributed by atoms with Crippen LogP contribution < -0.4 is 5.32 Å². The second kappa shape index (κ2) is 10.8. The zero-order chi connectivity index (χ0) is 27.6. The van der Waals surface area contributed by atoms with E-state index in [1.165, 1.54) is 0 Å². The van der Waals surface area contributed by atoms with Crippen molar-refractivity contribution >= 4 is 18.0 Å². The van der Waals surface area contributed by atoms with Crippen LogP contribution in [-0.4, -0.2) is 53.6 Å². The van der Waals surface area contributed by atoms with Crippen molar-refractivity contribution in [2.75, 3.05) is 19.7 Å². The molecule has 3 aromatic carbocycles. The Morgan fingerprint density at radius 2 is 1.49 bits per heavy atom. The van der Waals surface area contributed by atoms with Gasteiger partial charge in [-0.1, -0.05) is 78.9 Å². The molecule has 7 nitrogen and oxygen atoms in total. The molecule has 2 aliphatic carbocycles. The summed E-state index contributed by atoms with van der Waals surface area (Å²) in [6.45, 7) is -0.560. The summed E-state index contributed by atoms with van der Waals surface area (Å²) in [5.41, 5.74) is 4.91. The van der Waals surface area contributed by atoms with Gasteiger partial charge in [0, 0.05) is 25.6 Å². The molecule has 3 aromatic rings. The van der Waals surface area contributed by atoms with Gasteiger partial charge in [-0.15, -0.1) is 0 Å². The number of ether oxygens (including phenoxy) is 1. The van der Waals surface area contributed by atoms with Crippen molar-refractivity contribution in [1.29, 1.82) is 0 Å². The fraction of sp³-hybridized carbons (Fsp3) is 0.300. The molecular weight excluding hydrogens is 506 g/mol. The number of benzene rings is 3. The lowest BCUT2D eigenvalue weighted by molar-refractivity contribution is -0.139. The maximum atomic E-state index is 14.7. The number of alkyl halides is 2. The summed E-state index contributed by atoms with van der Waals surface area (Å²) in [6.07, 6.45) is -1.20. The second-order valence-corrected chi connectivity index (χ2v) is 9.85. The SMILES string of the molecule is O=C(O)CCN(Cc1ccccc1)C(=O)C1C(CNC(=O)OCC2c3ccccc3-c3ccccc32)C1(F)F. The van der Waals surface area contributed by atoms with Crippen LogP contribution in [0, 0.1) is 11.8 Å². The molecular formula is C30H28F2N2O5. The van der Waals surface area contributed by atoms with Gasteiger partial charge in [0.1, 0.15) is 12.5 Å². The number of nitrogens with one attached hydrogen (secondary N) is 1. The molecule has 1 saturated carbocycles. The number of carboxylic acid groups (broad SMARTS) is 1. The summed E-state index contributed by atoms with van der Waals surface area (Å²) in [7, 11) is 0. The normalized spacial score (nSPS) is 18.5. The van der Waals surface area contributed by atoms with Crippen LogP contribution in [0.1, 0.15) is 29.0 Å². The molecule has 2 N–H and O–H groups in total. The van der Waals surface area contributed by atoms with Crippen LogP contribution in [0.3, 0.4) is 0 Å². The summed E-state index contributed by atoms with van der Waals surface area (Å²) in [5.74, 6) is -8.47. The van der Waals surface area contributed by atoms with Crippen molar-refractivity contribution in [3.8, 4) is 11.1 Å². The van der Waals surface area contributed by atoms with Crippen molar-refractivity contribution in [2.45, 2.75) is 24.8 Å². The minimum Gasteiger partial charge on any atom is -0.481 e. The molecule has 2 atom stereocenters. The Morgan fingerprint density at radius 1 is 0.897 bits per heavy atom. The highest BCUT2D eigenvalue weighted by molar-refractivity contribution is 5.84. The van der Waals surface area contributed by atoms with E-state index in [9.17, 15) is 23.2 Å². The van der Waals surface area contributed by atoms with Crippen LogP contribution in [0.25, 0.3) is 11.1 Å².